The Bertz CT molecular complexity index is 1190. The Kier molecular flexibility index (Phi) is 4.45. The maximum Gasteiger partial charge on any atom is 0.261 e. The average molecular weight is 378 g/mol. The van der Waals surface area contributed by atoms with Crippen molar-refractivity contribution in [2.45, 2.75) is 26.8 Å². The quantitative estimate of drug-likeness (QED) is 0.588. The molecule has 0 aliphatic heterocycles. The van der Waals surface area contributed by atoms with Gasteiger partial charge in [-0.15, -0.1) is 0 Å². The Morgan fingerprint density at radius 3 is 2.74 bits per heavy atom. The summed E-state index contributed by atoms with van der Waals surface area (Å²) >= 11 is 1.47. The number of rotatable bonds is 4. The lowest BCUT2D eigenvalue weighted by molar-refractivity contribution is -0.116. The summed E-state index contributed by atoms with van der Waals surface area (Å²) in [4.78, 5) is 33.6. The van der Waals surface area contributed by atoms with Crippen molar-refractivity contribution in [3.8, 4) is 0 Å². The molecule has 6 nitrogen and oxygen atoms in total. The number of hydrogen-bond donors (Lipinski definition) is 1. The predicted octanol–water partition coefficient (Wildman–Crippen LogP) is 3.65. The van der Waals surface area contributed by atoms with Crippen LogP contribution in [0.3, 0.4) is 0 Å². The number of thiazole rings is 1. The van der Waals surface area contributed by atoms with Gasteiger partial charge < -0.3 is 5.32 Å². The number of hydrogen-bond acceptors (Lipinski definition) is 5. The van der Waals surface area contributed by atoms with Crippen molar-refractivity contribution in [2.24, 2.45) is 0 Å². The molecule has 27 heavy (non-hydrogen) atoms. The summed E-state index contributed by atoms with van der Waals surface area (Å²) in [7, 11) is 0. The molecule has 2 aromatic carbocycles. The van der Waals surface area contributed by atoms with E-state index in [-0.39, 0.29) is 24.4 Å². The maximum absolute atomic E-state index is 12.5. The second kappa shape index (κ2) is 6.92. The summed E-state index contributed by atoms with van der Waals surface area (Å²) in [6, 6.07) is 11.3. The lowest BCUT2D eigenvalue weighted by atomic mass is 10.1. The zero-order valence-electron chi connectivity index (χ0n) is 15.0. The number of fused-ring (bicyclic) bond motifs is 2. The summed E-state index contributed by atoms with van der Waals surface area (Å²) in [5.74, 6) is -0.176. The summed E-state index contributed by atoms with van der Waals surface area (Å²) in [5, 5.41) is 3.98. The molecule has 2 heterocycles. The van der Waals surface area contributed by atoms with Crippen molar-refractivity contribution < 1.29 is 4.79 Å². The van der Waals surface area contributed by atoms with Gasteiger partial charge in [-0.25, -0.2) is 9.97 Å². The third-order valence-electron chi connectivity index (χ3n) is 4.50. The van der Waals surface area contributed by atoms with E-state index in [4.69, 9.17) is 0 Å². The zero-order valence-corrected chi connectivity index (χ0v) is 15.8. The monoisotopic (exact) mass is 378 g/mol. The van der Waals surface area contributed by atoms with E-state index < -0.39 is 0 Å². The second-order valence-corrected chi connectivity index (χ2v) is 7.45. The number of nitrogens with one attached hydrogen (secondary N) is 1. The fourth-order valence-electron chi connectivity index (χ4n) is 2.98. The molecule has 136 valence electrons. The molecule has 0 aliphatic rings. The molecule has 0 bridgehead atoms. The van der Waals surface area contributed by atoms with Crippen LogP contribution in [0.15, 0.2) is 47.5 Å². The van der Waals surface area contributed by atoms with Crippen LogP contribution in [0.1, 0.15) is 17.5 Å². The number of anilines is 1. The molecule has 0 saturated carbocycles. The van der Waals surface area contributed by atoms with Gasteiger partial charge in [-0.05, 0) is 37.1 Å². The Labute approximate surface area is 159 Å². The Morgan fingerprint density at radius 2 is 1.93 bits per heavy atom. The van der Waals surface area contributed by atoms with Crippen LogP contribution in [0.5, 0.6) is 0 Å². The molecule has 0 atom stereocenters. The largest absolute Gasteiger partial charge is 0.302 e. The second-order valence-electron chi connectivity index (χ2n) is 6.45. The van der Waals surface area contributed by atoms with Crippen LogP contribution in [0.2, 0.25) is 0 Å². The molecule has 0 saturated heterocycles. The Morgan fingerprint density at radius 1 is 1.15 bits per heavy atom. The average Bonchev–Trinajstić information content (AvgIpc) is 3.09. The Balaban J connectivity index is 1.49. The topological polar surface area (TPSA) is 76.9 Å². The minimum atomic E-state index is -0.176. The van der Waals surface area contributed by atoms with Gasteiger partial charge in [0.05, 0.1) is 27.4 Å². The van der Waals surface area contributed by atoms with Crippen LogP contribution >= 0.6 is 11.3 Å². The fourth-order valence-corrected chi connectivity index (χ4v) is 4.01. The highest BCUT2D eigenvalue weighted by molar-refractivity contribution is 7.22. The van der Waals surface area contributed by atoms with Crippen molar-refractivity contribution >= 4 is 43.5 Å². The van der Waals surface area contributed by atoms with Crippen LogP contribution in [0.4, 0.5) is 5.13 Å². The predicted molar refractivity (Wildman–Crippen MR) is 108 cm³/mol. The molecule has 1 N–H and O–H groups in total. The number of carbonyl (C=O) groups excluding carboxylic acids is 1. The lowest BCUT2D eigenvalue weighted by Gasteiger charge is -2.06. The molecule has 0 radical (unpaired) electrons. The van der Waals surface area contributed by atoms with Gasteiger partial charge in [0.15, 0.2) is 5.13 Å². The van der Waals surface area contributed by atoms with Crippen LogP contribution in [-0.2, 0) is 11.3 Å². The van der Waals surface area contributed by atoms with E-state index in [9.17, 15) is 9.59 Å². The van der Waals surface area contributed by atoms with E-state index in [2.05, 4.69) is 21.4 Å². The minimum Gasteiger partial charge on any atom is -0.302 e. The van der Waals surface area contributed by atoms with E-state index in [0.717, 1.165) is 21.3 Å². The summed E-state index contributed by atoms with van der Waals surface area (Å²) in [6.45, 7) is 4.31. The van der Waals surface area contributed by atoms with Gasteiger partial charge in [-0.3, -0.25) is 14.2 Å². The highest BCUT2D eigenvalue weighted by Crippen LogP contribution is 2.30. The van der Waals surface area contributed by atoms with Crippen LogP contribution in [0.25, 0.3) is 21.1 Å². The van der Waals surface area contributed by atoms with Gasteiger partial charge in [-0.2, -0.15) is 0 Å². The molecule has 0 unspecified atom stereocenters. The first kappa shape index (κ1) is 17.4. The van der Waals surface area contributed by atoms with Gasteiger partial charge in [0.1, 0.15) is 0 Å². The van der Waals surface area contributed by atoms with Gasteiger partial charge in [0.25, 0.3) is 5.56 Å². The van der Waals surface area contributed by atoms with Crippen molar-refractivity contribution in [1.29, 1.82) is 0 Å². The first-order valence-corrected chi connectivity index (χ1v) is 9.45. The first-order valence-electron chi connectivity index (χ1n) is 8.64. The summed E-state index contributed by atoms with van der Waals surface area (Å²) < 4.78 is 2.55. The van der Waals surface area contributed by atoms with E-state index in [1.807, 2.05) is 26.0 Å². The molecule has 4 aromatic rings. The van der Waals surface area contributed by atoms with Gasteiger partial charge in [0.2, 0.25) is 5.91 Å². The molecule has 0 fully saturated rings. The SMILES string of the molecule is Cc1ccc(C)c2sc(NC(=O)CCn3cnc4ccccc4c3=O)nc12. The van der Waals surface area contributed by atoms with Crippen molar-refractivity contribution in [3.05, 3.63) is 64.2 Å². The van der Waals surface area contributed by atoms with Gasteiger partial charge in [0, 0.05) is 13.0 Å². The fraction of sp³-hybridized carbons (Fsp3) is 0.200. The molecule has 1 amide bonds. The summed E-state index contributed by atoms with van der Waals surface area (Å²) in [6.07, 6.45) is 1.66. The minimum absolute atomic E-state index is 0.139. The van der Waals surface area contributed by atoms with Gasteiger partial charge in [-0.1, -0.05) is 35.6 Å². The third-order valence-corrected chi connectivity index (χ3v) is 5.61. The van der Waals surface area contributed by atoms with E-state index >= 15 is 0 Å². The smallest absolute Gasteiger partial charge is 0.261 e. The van der Waals surface area contributed by atoms with Crippen LogP contribution < -0.4 is 10.9 Å². The van der Waals surface area contributed by atoms with Crippen LogP contribution in [0, 0.1) is 13.8 Å². The van der Waals surface area contributed by atoms with E-state index in [1.54, 1.807) is 18.2 Å². The molecule has 7 heteroatoms. The number of nitrogens with zero attached hydrogens (tertiary/aromatic N) is 3. The van der Waals surface area contributed by atoms with Crippen molar-refractivity contribution in [1.82, 2.24) is 14.5 Å². The van der Waals surface area contributed by atoms with Crippen LogP contribution in [-0.4, -0.2) is 20.4 Å². The molecular formula is C20H18N4O2S. The number of aryl methyl sites for hydroxylation is 3. The van der Waals surface area contributed by atoms with Gasteiger partial charge >= 0.3 is 0 Å². The summed E-state index contributed by atoms with van der Waals surface area (Å²) in [5.41, 5.74) is 3.66. The Hall–Kier alpha value is -3.06. The van der Waals surface area contributed by atoms with Crippen molar-refractivity contribution in [2.75, 3.05) is 5.32 Å². The van der Waals surface area contributed by atoms with Crippen molar-refractivity contribution in [3.63, 3.8) is 0 Å². The van der Waals surface area contributed by atoms with E-state index in [1.165, 1.54) is 22.2 Å². The molecule has 0 aliphatic carbocycles. The van der Waals surface area contributed by atoms with E-state index in [0.29, 0.717) is 16.0 Å². The normalized spacial score (nSPS) is 11.2. The standard InChI is InChI=1S/C20H18N4O2S/c1-12-7-8-13(2)18-17(12)23-20(27-18)22-16(25)9-10-24-11-21-15-6-4-3-5-14(15)19(24)26/h3-8,11H,9-10H2,1-2H3,(H,22,23,25). The molecule has 2 aromatic heterocycles. The molecule has 0 spiro atoms. The molecular weight excluding hydrogens is 360 g/mol. The number of amides is 1. The highest BCUT2D eigenvalue weighted by Gasteiger charge is 2.12. The highest BCUT2D eigenvalue weighted by atomic mass is 32.1. The number of benzene rings is 2. The number of carbonyl (C=O) groups is 1. The number of aromatic nitrogens is 3. The maximum atomic E-state index is 12.5. The molecule has 4 rings (SSSR count). The number of para-hydroxylation sites is 1. The lowest BCUT2D eigenvalue weighted by Crippen LogP contribution is -2.23. The first-order chi connectivity index (χ1) is 13.0. The zero-order chi connectivity index (χ0) is 19.0. The third kappa shape index (κ3) is 3.33.